The van der Waals surface area contributed by atoms with Crippen molar-refractivity contribution >= 4 is 5.78 Å². The van der Waals surface area contributed by atoms with Gasteiger partial charge in [0.05, 0.1) is 0 Å². The maximum atomic E-state index is 11.2. The lowest BCUT2D eigenvalue weighted by Crippen LogP contribution is -2.25. The van der Waals surface area contributed by atoms with Crippen LogP contribution in [0.5, 0.6) is 0 Å². The van der Waals surface area contributed by atoms with Gasteiger partial charge in [0.2, 0.25) is 0 Å². The zero-order valence-corrected chi connectivity index (χ0v) is 7.89. The van der Waals surface area contributed by atoms with Crippen LogP contribution >= 0.6 is 0 Å². The van der Waals surface area contributed by atoms with Crippen LogP contribution in [0, 0.1) is 5.92 Å². The molecular weight excluding hydrogens is 140 g/mol. The van der Waals surface area contributed by atoms with Crippen LogP contribution in [0.3, 0.4) is 0 Å². The normalized spacial score (nSPS) is 13.5. The Morgan fingerprint density at radius 3 is 2.27 bits per heavy atom. The molecule has 0 unspecified atom stereocenters. The van der Waals surface area contributed by atoms with Gasteiger partial charge in [0.1, 0.15) is 6.10 Å². The van der Waals surface area contributed by atoms with E-state index in [0.29, 0.717) is 6.61 Å². The van der Waals surface area contributed by atoms with Gasteiger partial charge < -0.3 is 4.74 Å². The predicted molar refractivity (Wildman–Crippen MR) is 45.6 cm³/mol. The Morgan fingerprint density at radius 1 is 1.36 bits per heavy atom. The van der Waals surface area contributed by atoms with E-state index < -0.39 is 0 Å². The fourth-order valence-electron chi connectivity index (χ4n) is 0.846. The first-order valence-electron chi connectivity index (χ1n) is 4.25. The Hall–Kier alpha value is -0.370. The van der Waals surface area contributed by atoms with E-state index in [-0.39, 0.29) is 17.8 Å². The van der Waals surface area contributed by atoms with Crippen LogP contribution in [0.25, 0.3) is 0 Å². The number of hydrogen-bond donors (Lipinski definition) is 0. The van der Waals surface area contributed by atoms with Crippen LogP contribution < -0.4 is 0 Å². The lowest BCUT2D eigenvalue weighted by atomic mass is 10.1. The van der Waals surface area contributed by atoms with Gasteiger partial charge in [0, 0.05) is 12.5 Å². The van der Waals surface area contributed by atoms with E-state index >= 15 is 0 Å². The summed E-state index contributed by atoms with van der Waals surface area (Å²) in [6.45, 7) is 8.33. The van der Waals surface area contributed by atoms with Crippen LogP contribution in [0.15, 0.2) is 0 Å². The molecule has 11 heavy (non-hydrogen) atoms. The first-order valence-corrected chi connectivity index (χ1v) is 4.25. The summed E-state index contributed by atoms with van der Waals surface area (Å²) >= 11 is 0. The lowest BCUT2D eigenvalue weighted by molar-refractivity contribution is -0.132. The minimum Gasteiger partial charge on any atom is -0.371 e. The molecular formula is C9H18O2. The number of hydrogen-bond acceptors (Lipinski definition) is 2. The zero-order chi connectivity index (χ0) is 8.85. The first kappa shape index (κ1) is 10.6. The summed E-state index contributed by atoms with van der Waals surface area (Å²) in [5, 5.41) is 0. The van der Waals surface area contributed by atoms with Crippen LogP contribution in [0.4, 0.5) is 0 Å². The maximum Gasteiger partial charge on any atom is 0.163 e. The highest BCUT2D eigenvalue weighted by molar-refractivity contribution is 5.84. The first-order chi connectivity index (χ1) is 5.09. The average molecular weight is 158 g/mol. The zero-order valence-electron chi connectivity index (χ0n) is 7.89. The molecule has 0 heterocycles. The molecule has 0 amide bonds. The molecule has 0 spiro atoms. The molecule has 0 fully saturated rings. The van der Waals surface area contributed by atoms with Crippen LogP contribution in [0.2, 0.25) is 0 Å². The second kappa shape index (κ2) is 5.30. The quantitative estimate of drug-likeness (QED) is 0.612. The van der Waals surface area contributed by atoms with E-state index in [1.54, 1.807) is 0 Å². The number of ketones is 1. The molecule has 66 valence electrons. The van der Waals surface area contributed by atoms with Crippen LogP contribution in [-0.2, 0) is 9.53 Å². The van der Waals surface area contributed by atoms with Gasteiger partial charge in [-0.3, -0.25) is 4.79 Å². The fraction of sp³-hybridized carbons (Fsp3) is 0.889. The maximum absolute atomic E-state index is 11.2. The molecule has 0 radical (unpaired) electrons. The van der Waals surface area contributed by atoms with Gasteiger partial charge in [-0.25, -0.2) is 0 Å². The van der Waals surface area contributed by atoms with Crippen molar-refractivity contribution in [3.63, 3.8) is 0 Å². The number of rotatable bonds is 5. The monoisotopic (exact) mass is 158 g/mol. The number of carbonyl (C=O) groups is 1. The SMILES string of the molecule is CCCO[C@H](C)C(=O)C(C)C. The molecule has 2 nitrogen and oxygen atoms in total. The molecule has 0 saturated carbocycles. The lowest BCUT2D eigenvalue weighted by Gasteiger charge is -2.12. The van der Waals surface area contributed by atoms with Crippen molar-refractivity contribution in [2.24, 2.45) is 5.92 Å². The third kappa shape index (κ3) is 4.14. The van der Waals surface area contributed by atoms with Gasteiger partial charge in [-0.15, -0.1) is 0 Å². The van der Waals surface area contributed by atoms with E-state index in [1.165, 1.54) is 0 Å². The fourth-order valence-corrected chi connectivity index (χ4v) is 0.846. The smallest absolute Gasteiger partial charge is 0.163 e. The summed E-state index contributed by atoms with van der Waals surface area (Å²) in [4.78, 5) is 11.2. The van der Waals surface area contributed by atoms with Crippen molar-refractivity contribution in [1.29, 1.82) is 0 Å². The number of carbonyl (C=O) groups excluding carboxylic acids is 1. The molecule has 0 saturated heterocycles. The van der Waals surface area contributed by atoms with Crippen molar-refractivity contribution in [3.8, 4) is 0 Å². The summed E-state index contributed by atoms with van der Waals surface area (Å²) in [6, 6.07) is 0. The Labute approximate surface area is 68.9 Å². The Balaban J connectivity index is 3.64. The molecule has 0 aromatic heterocycles. The molecule has 0 rings (SSSR count). The van der Waals surface area contributed by atoms with E-state index in [4.69, 9.17) is 4.74 Å². The van der Waals surface area contributed by atoms with Gasteiger partial charge >= 0.3 is 0 Å². The third-order valence-corrected chi connectivity index (χ3v) is 1.54. The number of ether oxygens (including phenoxy) is 1. The van der Waals surface area contributed by atoms with E-state index in [9.17, 15) is 4.79 Å². The summed E-state index contributed by atoms with van der Waals surface area (Å²) in [7, 11) is 0. The summed E-state index contributed by atoms with van der Waals surface area (Å²) < 4.78 is 5.26. The van der Waals surface area contributed by atoms with Crippen molar-refractivity contribution in [2.45, 2.75) is 40.2 Å². The average Bonchev–Trinajstić information content (AvgIpc) is 1.98. The third-order valence-electron chi connectivity index (χ3n) is 1.54. The Bertz CT molecular complexity index is 119. The summed E-state index contributed by atoms with van der Waals surface area (Å²) in [5.41, 5.74) is 0. The minimum atomic E-state index is -0.227. The van der Waals surface area contributed by atoms with E-state index in [2.05, 4.69) is 0 Å². The van der Waals surface area contributed by atoms with Crippen molar-refractivity contribution in [1.82, 2.24) is 0 Å². The Kier molecular flexibility index (Phi) is 5.12. The molecule has 0 aliphatic rings. The highest BCUT2D eigenvalue weighted by atomic mass is 16.5. The summed E-state index contributed by atoms with van der Waals surface area (Å²) in [6.07, 6.45) is 0.741. The summed E-state index contributed by atoms with van der Waals surface area (Å²) in [5.74, 6) is 0.278. The predicted octanol–water partition coefficient (Wildman–Crippen LogP) is 2.03. The number of Topliss-reactive ketones (excluding diaryl/α,β-unsaturated/α-hetero) is 1. The van der Waals surface area contributed by atoms with Crippen molar-refractivity contribution in [2.75, 3.05) is 6.61 Å². The van der Waals surface area contributed by atoms with Gasteiger partial charge in [-0.2, -0.15) is 0 Å². The Morgan fingerprint density at radius 2 is 1.91 bits per heavy atom. The molecule has 0 aromatic carbocycles. The highest BCUT2D eigenvalue weighted by Crippen LogP contribution is 2.03. The van der Waals surface area contributed by atoms with Gasteiger partial charge in [0.25, 0.3) is 0 Å². The molecule has 2 heteroatoms. The largest absolute Gasteiger partial charge is 0.371 e. The van der Waals surface area contributed by atoms with Gasteiger partial charge in [-0.05, 0) is 13.3 Å². The van der Waals surface area contributed by atoms with Crippen LogP contribution in [-0.4, -0.2) is 18.5 Å². The highest BCUT2D eigenvalue weighted by Gasteiger charge is 2.15. The molecule has 0 bridgehead atoms. The second-order valence-corrected chi connectivity index (χ2v) is 3.07. The molecule has 1 atom stereocenters. The molecule has 0 aliphatic carbocycles. The standard InChI is InChI=1S/C9H18O2/c1-5-6-11-8(4)9(10)7(2)3/h7-8H,5-6H2,1-4H3/t8-/m1/s1. The molecule has 0 aromatic rings. The van der Waals surface area contributed by atoms with E-state index in [0.717, 1.165) is 6.42 Å². The van der Waals surface area contributed by atoms with E-state index in [1.807, 2.05) is 27.7 Å². The molecule has 0 aliphatic heterocycles. The molecule has 0 N–H and O–H groups in total. The van der Waals surface area contributed by atoms with Gasteiger partial charge in [-0.1, -0.05) is 20.8 Å². The minimum absolute atomic E-state index is 0.0851. The van der Waals surface area contributed by atoms with Crippen molar-refractivity contribution in [3.05, 3.63) is 0 Å². The second-order valence-electron chi connectivity index (χ2n) is 3.07. The van der Waals surface area contributed by atoms with Crippen molar-refractivity contribution < 1.29 is 9.53 Å². The van der Waals surface area contributed by atoms with Crippen LogP contribution in [0.1, 0.15) is 34.1 Å². The topological polar surface area (TPSA) is 26.3 Å². The van der Waals surface area contributed by atoms with Gasteiger partial charge in [0.15, 0.2) is 5.78 Å².